The average Bonchev–Trinajstić information content (AvgIpc) is 2.05. The highest BCUT2D eigenvalue weighted by atomic mass is 79.9. The lowest BCUT2D eigenvalue weighted by Gasteiger charge is -2.21. The largest absolute Gasteiger partial charge is 0.490 e. The summed E-state index contributed by atoms with van der Waals surface area (Å²) in [5.74, 6) is 0.866. The quantitative estimate of drug-likeness (QED) is 0.813. The molecule has 0 aliphatic heterocycles. The van der Waals surface area contributed by atoms with Crippen LogP contribution < -0.4 is 4.74 Å². The zero-order valence-electron chi connectivity index (χ0n) is 9.97. The van der Waals surface area contributed by atoms with Crippen LogP contribution in [0.15, 0.2) is 16.7 Å². The molecule has 0 unspecified atom stereocenters. The van der Waals surface area contributed by atoms with Gasteiger partial charge in [0.2, 0.25) is 0 Å². The number of hydrogen-bond acceptors (Lipinski definition) is 2. The third kappa shape index (κ3) is 3.20. The summed E-state index contributed by atoms with van der Waals surface area (Å²) < 4.78 is 6.66. The molecule has 0 radical (unpaired) electrons. The summed E-state index contributed by atoms with van der Waals surface area (Å²) in [4.78, 5) is 4.39. The van der Waals surface area contributed by atoms with E-state index in [4.69, 9.17) is 4.74 Å². The van der Waals surface area contributed by atoms with Crippen LogP contribution in [0.2, 0.25) is 0 Å². The Bertz CT molecular complexity index is 342. The number of ether oxygens (including phenoxy) is 1. The van der Waals surface area contributed by atoms with Gasteiger partial charge in [0.15, 0.2) is 0 Å². The molecule has 0 fully saturated rings. The number of nitrogens with zero attached hydrogens (tertiary/aromatic N) is 1. The van der Waals surface area contributed by atoms with Gasteiger partial charge >= 0.3 is 0 Å². The van der Waals surface area contributed by atoms with Crippen molar-refractivity contribution in [1.29, 1.82) is 0 Å². The Balaban J connectivity index is 3.12. The van der Waals surface area contributed by atoms with Crippen molar-refractivity contribution in [2.75, 3.05) is 0 Å². The maximum absolute atomic E-state index is 5.69. The van der Waals surface area contributed by atoms with E-state index in [1.54, 1.807) is 6.20 Å². The molecule has 0 atom stereocenters. The van der Waals surface area contributed by atoms with E-state index in [1.807, 2.05) is 19.9 Å². The lowest BCUT2D eigenvalue weighted by Crippen LogP contribution is -2.15. The predicted octanol–water partition coefficient (Wildman–Crippen LogP) is 3.93. The number of halogens is 1. The first-order valence-electron chi connectivity index (χ1n) is 5.14. The average molecular weight is 272 g/mol. The molecule has 2 nitrogen and oxygen atoms in total. The lowest BCUT2D eigenvalue weighted by molar-refractivity contribution is 0.239. The second-order valence-electron chi connectivity index (χ2n) is 4.89. The second kappa shape index (κ2) is 4.52. The third-order valence-electron chi connectivity index (χ3n) is 1.93. The maximum atomic E-state index is 5.69. The SMILES string of the molecule is CC(C)Oc1ccnc(C(C)(C)C)c1Br. The van der Waals surface area contributed by atoms with Crippen molar-refractivity contribution < 1.29 is 4.74 Å². The number of pyridine rings is 1. The molecule has 1 rings (SSSR count). The van der Waals surface area contributed by atoms with Gasteiger partial charge in [0.05, 0.1) is 16.3 Å². The van der Waals surface area contributed by atoms with Crippen LogP contribution in [-0.4, -0.2) is 11.1 Å². The molecule has 0 aromatic carbocycles. The molecule has 0 spiro atoms. The van der Waals surface area contributed by atoms with Crippen molar-refractivity contribution in [3.63, 3.8) is 0 Å². The van der Waals surface area contributed by atoms with Crippen molar-refractivity contribution in [3.8, 4) is 5.75 Å². The first-order valence-corrected chi connectivity index (χ1v) is 5.93. The summed E-state index contributed by atoms with van der Waals surface area (Å²) in [6, 6.07) is 1.89. The van der Waals surface area contributed by atoms with Crippen LogP contribution >= 0.6 is 15.9 Å². The summed E-state index contributed by atoms with van der Waals surface area (Å²) in [7, 11) is 0. The molecular formula is C12H18BrNO. The fourth-order valence-electron chi connectivity index (χ4n) is 1.29. The Morgan fingerprint density at radius 3 is 2.40 bits per heavy atom. The number of aromatic nitrogens is 1. The Labute approximate surface area is 100 Å². The highest BCUT2D eigenvalue weighted by Crippen LogP contribution is 2.34. The molecule has 3 heteroatoms. The fraction of sp³-hybridized carbons (Fsp3) is 0.583. The lowest BCUT2D eigenvalue weighted by atomic mass is 9.91. The Morgan fingerprint density at radius 1 is 1.33 bits per heavy atom. The molecule has 15 heavy (non-hydrogen) atoms. The van der Waals surface area contributed by atoms with Gasteiger partial charge in [-0.3, -0.25) is 4.98 Å². The third-order valence-corrected chi connectivity index (χ3v) is 2.69. The molecule has 0 aliphatic carbocycles. The van der Waals surface area contributed by atoms with Crippen molar-refractivity contribution in [1.82, 2.24) is 4.98 Å². The Morgan fingerprint density at radius 2 is 1.93 bits per heavy atom. The molecular weight excluding hydrogens is 254 g/mol. The Kier molecular flexibility index (Phi) is 3.77. The summed E-state index contributed by atoms with van der Waals surface area (Å²) in [5, 5.41) is 0. The minimum absolute atomic E-state index is 0.0230. The van der Waals surface area contributed by atoms with Crippen molar-refractivity contribution in [2.24, 2.45) is 0 Å². The van der Waals surface area contributed by atoms with Gasteiger partial charge in [0.1, 0.15) is 5.75 Å². The van der Waals surface area contributed by atoms with Crippen LogP contribution in [0.3, 0.4) is 0 Å². The van der Waals surface area contributed by atoms with E-state index in [0.717, 1.165) is 15.9 Å². The number of hydrogen-bond donors (Lipinski definition) is 0. The van der Waals surface area contributed by atoms with Gasteiger partial charge in [0.25, 0.3) is 0 Å². The first-order chi connectivity index (χ1) is 6.82. The van der Waals surface area contributed by atoms with E-state index >= 15 is 0 Å². The summed E-state index contributed by atoms with van der Waals surface area (Å²) in [5.41, 5.74) is 1.05. The van der Waals surface area contributed by atoms with Gasteiger partial charge in [-0.2, -0.15) is 0 Å². The van der Waals surface area contributed by atoms with Crippen LogP contribution in [-0.2, 0) is 5.41 Å². The molecule has 0 N–H and O–H groups in total. The predicted molar refractivity (Wildman–Crippen MR) is 66.4 cm³/mol. The maximum Gasteiger partial charge on any atom is 0.137 e. The van der Waals surface area contributed by atoms with Gasteiger partial charge in [0, 0.05) is 11.6 Å². The van der Waals surface area contributed by atoms with E-state index in [0.29, 0.717) is 0 Å². The molecule has 0 bridgehead atoms. The molecule has 0 saturated heterocycles. The van der Waals surface area contributed by atoms with E-state index in [2.05, 4.69) is 41.7 Å². The van der Waals surface area contributed by atoms with Gasteiger partial charge in [-0.1, -0.05) is 20.8 Å². The second-order valence-corrected chi connectivity index (χ2v) is 5.68. The number of rotatable bonds is 2. The smallest absolute Gasteiger partial charge is 0.137 e. The van der Waals surface area contributed by atoms with Crippen molar-refractivity contribution in [3.05, 3.63) is 22.4 Å². The van der Waals surface area contributed by atoms with Gasteiger partial charge in [-0.25, -0.2) is 0 Å². The van der Waals surface area contributed by atoms with Crippen LogP contribution in [0.5, 0.6) is 5.75 Å². The Hall–Kier alpha value is -0.570. The van der Waals surface area contributed by atoms with E-state index in [-0.39, 0.29) is 11.5 Å². The highest BCUT2D eigenvalue weighted by molar-refractivity contribution is 9.10. The van der Waals surface area contributed by atoms with Gasteiger partial charge in [-0.05, 0) is 35.8 Å². The molecule has 84 valence electrons. The molecule has 1 aromatic rings. The van der Waals surface area contributed by atoms with E-state index in [9.17, 15) is 0 Å². The van der Waals surface area contributed by atoms with Crippen LogP contribution in [0.25, 0.3) is 0 Å². The summed E-state index contributed by atoms with van der Waals surface area (Å²) in [6.07, 6.45) is 1.97. The zero-order chi connectivity index (χ0) is 11.6. The monoisotopic (exact) mass is 271 g/mol. The van der Waals surface area contributed by atoms with E-state index in [1.165, 1.54) is 0 Å². The summed E-state index contributed by atoms with van der Waals surface area (Å²) >= 11 is 3.56. The van der Waals surface area contributed by atoms with Crippen molar-refractivity contribution >= 4 is 15.9 Å². The normalized spacial score (nSPS) is 11.9. The van der Waals surface area contributed by atoms with Crippen molar-refractivity contribution in [2.45, 2.75) is 46.1 Å². The zero-order valence-corrected chi connectivity index (χ0v) is 11.6. The minimum Gasteiger partial charge on any atom is -0.490 e. The first kappa shape index (κ1) is 12.5. The van der Waals surface area contributed by atoms with Gasteiger partial charge in [-0.15, -0.1) is 0 Å². The van der Waals surface area contributed by atoms with Crippen LogP contribution in [0.4, 0.5) is 0 Å². The minimum atomic E-state index is 0.0230. The summed E-state index contributed by atoms with van der Waals surface area (Å²) in [6.45, 7) is 10.4. The molecule has 0 aliphatic rings. The fourth-order valence-corrected chi connectivity index (χ4v) is 2.22. The topological polar surface area (TPSA) is 22.1 Å². The van der Waals surface area contributed by atoms with Crippen LogP contribution in [0.1, 0.15) is 40.3 Å². The highest BCUT2D eigenvalue weighted by Gasteiger charge is 2.21. The molecule has 0 amide bonds. The van der Waals surface area contributed by atoms with Crippen LogP contribution in [0, 0.1) is 0 Å². The molecule has 1 aromatic heterocycles. The molecule has 1 heterocycles. The standard InChI is InChI=1S/C12H18BrNO/c1-8(2)15-9-6-7-14-11(10(9)13)12(3,4)5/h6-8H,1-5H3. The molecule has 0 saturated carbocycles. The van der Waals surface area contributed by atoms with Gasteiger partial charge < -0.3 is 4.74 Å². The van der Waals surface area contributed by atoms with E-state index < -0.39 is 0 Å².